The normalized spacial score (nSPS) is 12.5. The van der Waals surface area contributed by atoms with Gasteiger partial charge in [0.25, 0.3) is 0 Å². The summed E-state index contributed by atoms with van der Waals surface area (Å²) in [6, 6.07) is 2.30. The smallest absolute Gasteiger partial charge is 0.0644 e. The summed E-state index contributed by atoms with van der Waals surface area (Å²) in [5.74, 6) is 0. The Bertz CT molecular complexity index is 273. The molecule has 1 atom stereocenters. The number of hydrogen-bond acceptors (Lipinski definition) is 2. The first-order valence-electron chi connectivity index (χ1n) is 3.30. The van der Waals surface area contributed by atoms with Crippen molar-refractivity contribution in [3.05, 3.63) is 16.0 Å². The van der Waals surface area contributed by atoms with Crippen LogP contribution in [0.4, 0.5) is 0 Å². The second-order valence-corrected chi connectivity index (χ2v) is 3.60. The van der Waals surface area contributed by atoms with Crippen molar-refractivity contribution >= 4 is 22.6 Å². The predicted molar refractivity (Wildman–Crippen MR) is 49.9 cm³/mol. The molecule has 0 aromatic carbocycles. The van der Waals surface area contributed by atoms with Crippen LogP contribution in [0.15, 0.2) is 12.4 Å². The summed E-state index contributed by atoms with van der Waals surface area (Å²) in [5, 5.41) is 12.5. The molecule has 0 saturated carbocycles. The Morgan fingerprint density at radius 2 is 2.64 bits per heavy atom. The van der Waals surface area contributed by atoms with E-state index in [0.29, 0.717) is 6.42 Å². The maximum atomic E-state index is 8.41. The van der Waals surface area contributed by atoms with E-state index in [1.165, 1.54) is 0 Å². The zero-order valence-electron chi connectivity index (χ0n) is 6.16. The topological polar surface area (TPSA) is 41.6 Å². The highest BCUT2D eigenvalue weighted by molar-refractivity contribution is 14.1. The first-order valence-corrected chi connectivity index (χ1v) is 4.38. The van der Waals surface area contributed by atoms with Crippen LogP contribution in [-0.4, -0.2) is 9.78 Å². The maximum absolute atomic E-state index is 8.41. The molecular weight excluding hydrogens is 253 g/mol. The lowest BCUT2D eigenvalue weighted by Crippen LogP contribution is -2.03. The van der Waals surface area contributed by atoms with E-state index in [1.54, 1.807) is 6.20 Å². The van der Waals surface area contributed by atoms with Crippen molar-refractivity contribution in [2.75, 3.05) is 0 Å². The van der Waals surface area contributed by atoms with Crippen LogP contribution in [0, 0.1) is 14.9 Å². The van der Waals surface area contributed by atoms with Crippen molar-refractivity contribution in [1.82, 2.24) is 9.78 Å². The zero-order chi connectivity index (χ0) is 8.27. The predicted octanol–water partition coefficient (Wildman–Crippen LogP) is 1.96. The van der Waals surface area contributed by atoms with Crippen molar-refractivity contribution < 1.29 is 0 Å². The summed E-state index contributed by atoms with van der Waals surface area (Å²) < 4.78 is 2.91. The Kier molecular flexibility index (Phi) is 2.88. The summed E-state index contributed by atoms with van der Waals surface area (Å²) in [4.78, 5) is 0. The van der Waals surface area contributed by atoms with Gasteiger partial charge in [-0.1, -0.05) is 0 Å². The van der Waals surface area contributed by atoms with Crippen molar-refractivity contribution in [3.8, 4) is 6.07 Å². The molecule has 1 heterocycles. The molecular formula is C7H8IN3. The van der Waals surface area contributed by atoms with Gasteiger partial charge in [-0.05, 0) is 29.5 Å². The van der Waals surface area contributed by atoms with Crippen LogP contribution in [0.2, 0.25) is 0 Å². The molecule has 0 saturated heterocycles. The number of aromatic nitrogens is 2. The molecule has 0 spiro atoms. The van der Waals surface area contributed by atoms with Crippen molar-refractivity contribution in [2.24, 2.45) is 0 Å². The van der Waals surface area contributed by atoms with Crippen LogP contribution in [0.3, 0.4) is 0 Å². The van der Waals surface area contributed by atoms with E-state index in [2.05, 4.69) is 33.8 Å². The average molecular weight is 261 g/mol. The second kappa shape index (κ2) is 3.72. The van der Waals surface area contributed by atoms with Gasteiger partial charge in [0.1, 0.15) is 0 Å². The molecule has 11 heavy (non-hydrogen) atoms. The fraction of sp³-hybridized carbons (Fsp3) is 0.429. The Morgan fingerprint density at radius 3 is 3.09 bits per heavy atom. The summed E-state index contributed by atoms with van der Waals surface area (Å²) in [7, 11) is 0. The van der Waals surface area contributed by atoms with Crippen LogP contribution in [0.1, 0.15) is 19.4 Å². The molecule has 3 nitrogen and oxygen atoms in total. The maximum Gasteiger partial charge on any atom is 0.0644 e. The number of hydrogen-bond donors (Lipinski definition) is 0. The second-order valence-electron chi connectivity index (χ2n) is 2.35. The minimum atomic E-state index is 0.184. The van der Waals surface area contributed by atoms with Gasteiger partial charge in [-0.25, -0.2) is 0 Å². The van der Waals surface area contributed by atoms with Crippen LogP contribution in [-0.2, 0) is 0 Å². The van der Waals surface area contributed by atoms with Gasteiger partial charge in [0, 0.05) is 6.20 Å². The summed E-state index contributed by atoms with van der Waals surface area (Å²) in [6.45, 7) is 1.98. The molecule has 0 fully saturated rings. The highest BCUT2D eigenvalue weighted by Crippen LogP contribution is 2.10. The Balaban J connectivity index is 2.70. The SMILES string of the molecule is CC(CC#N)n1cc(I)cn1. The lowest BCUT2D eigenvalue weighted by atomic mass is 10.3. The average Bonchev–Trinajstić information content (AvgIpc) is 2.36. The van der Waals surface area contributed by atoms with E-state index >= 15 is 0 Å². The molecule has 0 aliphatic rings. The lowest BCUT2D eigenvalue weighted by molar-refractivity contribution is 0.500. The van der Waals surface area contributed by atoms with Crippen LogP contribution in [0.25, 0.3) is 0 Å². The van der Waals surface area contributed by atoms with E-state index < -0.39 is 0 Å². The summed E-state index contributed by atoms with van der Waals surface area (Å²) >= 11 is 2.20. The minimum Gasteiger partial charge on any atom is -0.268 e. The molecule has 1 aromatic rings. The van der Waals surface area contributed by atoms with Gasteiger partial charge in [-0.3, -0.25) is 4.68 Å². The van der Waals surface area contributed by atoms with Crippen molar-refractivity contribution in [2.45, 2.75) is 19.4 Å². The van der Waals surface area contributed by atoms with Crippen LogP contribution >= 0.6 is 22.6 Å². The quantitative estimate of drug-likeness (QED) is 0.763. The molecule has 1 rings (SSSR count). The molecule has 1 unspecified atom stereocenters. The number of nitriles is 1. The van der Waals surface area contributed by atoms with Gasteiger partial charge in [-0.15, -0.1) is 0 Å². The van der Waals surface area contributed by atoms with Crippen molar-refractivity contribution in [3.63, 3.8) is 0 Å². The summed E-state index contributed by atoms with van der Waals surface area (Å²) in [5.41, 5.74) is 0. The lowest BCUT2D eigenvalue weighted by Gasteiger charge is -2.05. The Labute approximate surface area is 79.2 Å². The molecule has 0 bridgehead atoms. The third-order valence-corrected chi connectivity index (χ3v) is 1.97. The van der Waals surface area contributed by atoms with Gasteiger partial charge >= 0.3 is 0 Å². The van der Waals surface area contributed by atoms with Gasteiger partial charge in [0.2, 0.25) is 0 Å². The largest absolute Gasteiger partial charge is 0.268 e. The molecule has 0 aliphatic heterocycles. The zero-order valence-corrected chi connectivity index (χ0v) is 8.32. The highest BCUT2D eigenvalue weighted by Gasteiger charge is 2.03. The van der Waals surface area contributed by atoms with Gasteiger partial charge in [-0.2, -0.15) is 10.4 Å². The molecule has 4 heteroatoms. The fourth-order valence-electron chi connectivity index (χ4n) is 0.782. The first-order chi connectivity index (χ1) is 5.24. The van der Waals surface area contributed by atoms with E-state index in [4.69, 9.17) is 5.26 Å². The number of rotatable bonds is 2. The molecule has 0 radical (unpaired) electrons. The van der Waals surface area contributed by atoms with E-state index in [9.17, 15) is 0 Å². The fourth-order valence-corrected chi connectivity index (χ4v) is 1.19. The van der Waals surface area contributed by atoms with Crippen LogP contribution < -0.4 is 0 Å². The standard InChI is InChI=1S/C7H8IN3/c1-6(2-3-9)11-5-7(8)4-10-11/h4-6H,2H2,1H3. The van der Waals surface area contributed by atoms with E-state index in [0.717, 1.165) is 3.57 Å². The molecule has 1 aromatic heterocycles. The van der Waals surface area contributed by atoms with Crippen LogP contribution in [0.5, 0.6) is 0 Å². The molecule has 0 amide bonds. The number of halogens is 1. The minimum absolute atomic E-state index is 0.184. The number of nitrogens with zero attached hydrogens (tertiary/aromatic N) is 3. The van der Waals surface area contributed by atoms with Gasteiger partial charge in [0.15, 0.2) is 0 Å². The van der Waals surface area contributed by atoms with E-state index in [-0.39, 0.29) is 6.04 Å². The third-order valence-electron chi connectivity index (χ3n) is 1.41. The van der Waals surface area contributed by atoms with Gasteiger partial charge < -0.3 is 0 Å². The highest BCUT2D eigenvalue weighted by atomic mass is 127. The Hall–Kier alpha value is -0.570. The first kappa shape index (κ1) is 8.53. The molecule has 0 aliphatic carbocycles. The Morgan fingerprint density at radius 1 is 1.91 bits per heavy atom. The van der Waals surface area contributed by atoms with Gasteiger partial charge in [0.05, 0.1) is 28.3 Å². The van der Waals surface area contributed by atoms with E-state index in [1.807, 2.05) is 17.8 Å². The molecule has 0 N–H and O–H groups in total. The van der Waals surface area contributed by atoms with Crippen molar-refractivity contribution in [1.29, 1.82) is 5.26 Å². The summed E-state index contributed by atoms with van der Waals surface area (Å²) in [6.07, 6.45) is 4.23. The molecule has 58 valence electrons. The third kappa shape index (κ3) is 2.19. The monoisotopic (exact) mass is 261 g/mol.